The first-order valence-electron chi connectivity index (χ1n) is 7.39. The van der Waals surface area contributed by atoms with Crippen molar-refractivity contribution in [3.05, 3.63) is 22.4 Å². The maximum atomic E-state index is 12.7. The summed E-state index contributed by atoms with van der Waals surface area (Å²) >= 11 is 3.47. The molecule has 0 bridgehead atoms. The lowest BCUT2D eigenvalue weighted by Crippen LogP contribution is -2.41. The monoisotopic (exact) mass is 341 g/mol. The molecule has 1 saturated heterocycles. The molecular weight excluding hydrogens is 318 g/mol. The van der Waals surface area contributed by atoms with Crippen molar-refractivity contribution in [3.63, 3.8) is 0 Å². The van der Waals surface area contributed by atoms with Gasteiger partial charge in [-0.15, -0.1) is 0 Å². The van der Waals surface area contributed by atoms with E-state index in [1.807, 2.05) is 21.7 Å². The van der Waals surface area contributed by atoms with Crippen LogP contribution in [0.25, 0.3) is 0 Å². The first kappa shape index (κ1) is 15.6. The third-order valence-electron chi connectivity index (χ3n) is 3.97. The molecule has 20 heavy (non-hydrogen) atoms. The zero-order chi connectivity index (χ0) is 14.7. The number of rotatable bonds is 4. The second kappa shape index (κ2) is 6.76. The summed E-state index contributed by atoms with van der Waals surface area (Å²) < 4.78 is 3.00. The molecule has 112 valence electrons. The summed E-state index contributed by atoms with van der Waals surface area (Å²) in [6.45, 7) is 6.60. The number of likely N-dealkylation sites (tertiary alicyclic amines) is 1. The van der Waals surface area contributed by atoms with Gasteiger partial charge in [0, 0.05) is 29.8 Å². The molecule has 5 heteroatoms. The maximum absolute atomic E-state index is 12.7. The fourth-order valence-electron chi connectivity index (χ4n) is 2.93. The van der Waals surface area contributed by atoms with E-state index in [-0.39, 0.29) is 11.9 Å². The van der Waals surface area contributed by atoms with Crippen molar-refractivity contribution in [3.8, 4) is 0 Å². The van der Waals surface area contributed by atoms with E-state index in [1.165, 1.54) is 6.42 Å². The lowest BCUT2D eigenvalue weighted by atomic mass is 9.94. The van der Waals surface area contributed by atoms with Crippen molar-refractivity contribution in [2.24, 2.45) is 11.7 Å². The third kappa shape index (κ3) is 3.44. The highest BCUT2D eigenvalue weighted by molar-refractivity contribution is 9.10. The van der Waals surface area contributed by atoms with Gasteiger partial charge in [0.1, 0.15) is 5.69 Å². The van der Waals surface area contributed by atoms with E-state index in [1.54, 1.807) is 0 Å². The SMILES string of the molecule is CC(C)n1cc(Br)cc1C(=O)N1CCCC(CCN)C1. The molecule has 1 atom stereocenters. The van der Waals surface area contributed by atoms with E-state index >= 15 is 0 Å². The van der Waals surface area contributed by atoms with Gasteiger partial charge in [0.05, 0.1) is 0 Å². The number of hydrogen-bond acceptors (Lipinski definition) is 2. The van der Waals surface area contributed by atoms with E-state index in [2.05, 4.69) is 29.8 Å². The standard InChI is InChI=1S/C15H24BrN3O/c1-11(2)19-10-13(16)8-14(19)15(20)18-7-3-4-12(9-18)5-6-17/h8,10-12H,3-7,9,17H2,1-2H3. The number of hydrogen-bond donors (Lipinski definition) is 1. The zero-order valence-corrected chi connectivity index (χ0v) is 13.9. The lowest BCUT2D eigenvalue weighted by molar-refractivity contribution is 0.0657. The Morgan fingerprint density at radius 1 is 1.55 bits per heavy atom. The van der Waals surface area contributed by atoms with E-state index < -0.39 is 0 Å². The fourth-order valence-corrected chi connectivity index (χ4v) is 3.36. The van der Waals surface area contributed by atoms with Crippen molar-refractivity contribution in [1.82, 2.24) is 9.47 Å². The maximum Gasteiger partial charge on any atom is 0.270 e. The Kier molecular flexibility index (Phi) is 5.27. The molecule has 0 aromatic carbocycles. The highest BCUT2D eigenvalue weighted by Gasteiger charge is 2.26. The molecule has 2 heterocycles. The Labute approximate surface area is 129 Å². The van der Waals surface area contributed by atoms with Crippen LogP contribution in [0.1, 0.15) is 49.6 Å². The smallest absolute Gasteiger partial charge is 0.270 e. The van der Waals surface area contributed by atoms with Crippen molar-refractivity contribution in [2.75, 3.05) is 19.6 Å². The number of amides is 1. The fraction of sp³-hybridized carbons (Fsp3) is 0.667. The van der Waals surface area contributed by atoms with Crippen LogP contribution in [0.2, 0.25) is 0 Å². The van der Waals surface area contributed by atoms with Gasteiger partial charge in [-0.1, -0.05) is 0 Å². The van der Waals surface area contributed by atoms with E-state index in [9.17, 15) is 4.79 Å². The summed E-state index contributed by atoms with van der Waals surface area (Å²) in [5.74, 6) is 0.703. The molecule has 0 spiro atoms. The average molecular weight is 342 g/mol. The normalized spacial score (nSPS) is 19.6. The van der Waals surface area contributed by atoms with Gasteiger partial charge in [0.2, 0.25) is 0 Å². The molecule has 1 amide bonds. The van der Waals surface area contributed by atoms with Crippen molar-refractivity contribution < 1.29 is 4.79 Å². The summed E-state index contributed by atoms with van der Waals surface area (Å²) in [6.07, 6.45) is 5.27. The summed E-state index contributed by atoms with van der Waals surface area (Å²) in [5.41, 5.74) is 6.42. The lowest BCUT2D eigenvalue weighted by Gasteiger charge is -2.33. The third-order valence-corrected chi connectivity index (χ3v) is 4.41. The van der Waals surface area contributed by atoms with Gasteiger partial charge in [0.15, 0.2) is 0 Å². The Hall–Kier alpha value is -0.810. The van der Waals surface area contributed by atoms with Gasteiger partial charge in [-0.2, -0.15) is 0 Å². The molecule has 2 rings (SSSR count). The Morgan fingerprint density at radius 3 is 2.95 bits per heavy atom. The first-order valence-corrected chi connectivity index (χ1v) is 8.19. The molecule has 1 aliphatic rings. The molecule has 0 aliphatic carbocycles. The summed E-state index contributed by atoms with van der Waals surface area (Å²) in [6, 6.07) is 2.21. The predicted octanol–water partition coefficient (Wildman–Crippen LogP) is 3.03. The van der Waals surface area contributed by atoms with Gasteiger partial charge < -0.3 is 15.2 Å². The molecule has 2 N–H and O–H groups in total. The summed E-state index contributed by atoms with van der Waals surface area (Å²) in [4.78, 5) is 14.7. The summed E-state index contributed by atoms with van der Waals surface area (Å²) in [5, 5.41) is 0. The Balaban J connectivity index is 2.14. The van der Waals surface area contributed by atoms with Crippen molar-refractivity contribution in [1.29, 1.82) is 0 Å². The van der Waals surface area contributed by atoms with Gasteiger partial charge in [0.25, 0.3) is 5.91 Å². The largest absolute Gasteiger partial charge is 0.340 e. The van der Waals surface area contributed by atoms with Gasteiger partial charge >= 0.3 is 0 Å². The Bertz CT molecular complexity index is 468. The molecule has 1 aliphatic heterocycles. The number of aromatic nitrogens is 1. The number of piperidine rings is 1. The molecule has 0 saturated carbocycles. The highest BCUT2D eigenvalue weighted by Crippen LogP contribution is 2.24. The number of halogens is 1. The first-order chi connectivity index (χ1) is 9.52. The van der Waals surface area contributed by atoms with Crippen LogP contribution >= 0.6 is 15.9 Å². The van der Waals surface area contributed by atoms with Crippen LogP contribution in [0.4, 0.5) is 0 Å². The molecular formula is C15H24BrN3O. The topological polar surface area (TPSA) is 51.3 Å². The van der Waals surface area contributed by atoms with E-state index in [0.29, 0.717) is 12.5 Å². The van der Waals surface area contributed by atoms with E-state index in [4.69, 9.17) is 5.73 Å². The van der Waals surface area contributed by atoms with Crippen LogP contribution in [0.15, 0.2) is 16.7 Å². The van der Waals surface area contributed by atoms with Crippen LogP contribution < -0.4 is 5.73 Å². The number of nitrogens with zero attached hydrogens (tertiary/aromatic N) is 2. The van der Waals surface area contributed by atoms with Crippen LogP contribution in [-0.4, -0.2) is 35.0 Å². The molecule has 4 nitrogen and oxygen atoms in total. The minimum atomic E-state index is 0.145. The molecule has 1 fully saturated rings. The van der Waals surface area contributed by atoms with Crippen LogP contribution in [0.5, 0.6) is 0 Å². The van der Waals surface area contributed by atoms with Crippen molar-refractivity contribution in [2.45, 2.75) is 39.2 Å². The quantitative estimate of drug-likeness (QED) is 0.914. The molecule has 1 unspecified atom stereocenters. The highest BCUT2D eigenvalue weighted by atomic mass is 79.9. The minimum Gasteiger partial charge on any atom is -0.340 e. The zero-order valence-electron chi connectivity index (χ0n) is 12.3. The van der Waals surface area contributed by atoms with E-state index in [0.717, 1.165) is 36.1 Å². The van der Waals surface area contributed by atoms with Gasteiger partial charge in [-0.3, -0.25) is 4.79 Å². The average Bonchev–Trinajstić information content (AvgIpc) is 2.81. The molecule has 1 aromatic rings. The van der Waals surface area contributed by atoms with Crippen LogP contribution in [0, 0.1) is 5.92 Å². The number of carbonyl (C=O) groups is 1. The van der Waals surface area contributed by atoms with Gasteiger partial charge in [-0.25, -0.2) is 0 Å². The second-order valence-electron chi connectivity index (χ2n) is 5.88. The second-order valence-corrected chi connectivity index (χ2v) is 6.80. The van der Waals surface area contributed by atoms with Crippen molar-refractivity contribution >= 4 is 21.8 Å². The van der Waals surface area contributed by atoms with Gasteiger partial charge in [-0.05, 0) is 67.6 Å². The minimum absolute atomic E-state index is 0.145. The molecule has 1 aromatic heterocycles. The Morgan fingerprint density at radius 2 is 2.30 bits per heavy atom. The summed E-state index contributed by atoms with van der Waals surface area (Å²) in [7, 11) is 0. The van der Waals surface area contributed by atoms with Crippen LogP contribution in [0.3, 0.4) is 0 Å². The van der Waals surface area contributed by atoms with Crippen LogP contribution in [-0.2, 0) is 0 Å². The number of nitrogens with two attached hydrogens (primary N) is 1. The molecule has 0 radical (unpaired) electrons. The number of carbonyl (C=O) groups excluding carboxylic acids is 1. The predicted molar refractivity (Wildman–Crippen MR) is 84.8 cm³/mol.